The molecule has 0 bridgehead atoms. The van der Waals surface area contributed by atoms with Crippen molar-refractivity contribution in [3.05, 3.63) is 59.2 Å². The van der Waals surface area contributed by atoms with Gasteiger partial charge in [0.15, 0.2) is 0 Å². The van der Waals surface area contributed by atoms with Crippen LogP contribution in [-0.2, 0) is 0 Å². The second kappa shape index (κ2) is 6.44. The number of methoxy groups -OCH3 is 1. The van der Waals surface area contributed by atoms with Crippen LogP contribution in [0.1, 0.15) is 22.7 Å². The lowest BCUT2D eigenvalue weighted by atomic mass is 10.0. The van der Waals surface area contributed by atoms with E-state index in [9.17, 15) is 5.11 Å². The third-order valence-electron chi connectivity index (χ3n) is 3.55. The van der Waals surface area contributed by atoms with Gasteiger partial charge < -0.3 is 15.2 Å². The fourth-order valence-electron chi connectivity index (χ4n) is 2.10. The van der Waals surface area contributed by atoms with E-state index in [1.165, 1.54) is 11.1 Å². The van der Waals surface area contributed by atoms with E-state index >= 15 is 0 Å². The zero-order valence-corrected chi connectivity index (χ0v) is 12.2. The number of benzene rings is 2. The molecule has 1 unspecified atom stereocenters. The molecular weight excluding hydrogens is 250 g/mol. The van der Waals surface area contributed by atoms with Gasteiger partial charge in [0.2, 0.25) is 0 Å². The van der Waals surface area contributed by atoms with Crippen molar-refractivity contribution in [2.45, 2.75) is 19.9 Å². The molecule has 20 heavy (non-hydrogen) atoms. The molecule has 2 N–H and O–H groups in total. The monoisotopic (exact) mass is 271 g/mol. The summed E-state index contributed by atoms with van der Waals surface area (Å²) in [6.07, 6.45) is 0. The molecular formula is C17H21NO2. The number of rotatable bonds is 5. The van der Waals surface area contributed by atoms with Gasteiger partial charge in [-0.15, -0.1) is 0 Å². The van der Waals surface area contributed by atoms with Gasteiger partial charge in [-0.05, 0) is 54.8 Å². The first kappa shape index (κ1) is 14.4. The number of nitrogens with one attached hydrogen (secondary N) is 1. The second-order valence-corrected chi connectivity index (χ2v) is 4.95. The van der Waals surface area contributed by atoms with Crippen molar-refractivity contribution < 1.29 is 9.84 Å². The van der Waals surface area contributed by atoms with Crippen LogP contribution in [0.25, 0.3) is 0 Å². The van der Waals surface area contributed by atoms with Gasteiger partial charge >= 0.3 is 0 Å². The Morgan fingerprint density at radius 3 is 2.30 bits per heavy atom. The average Bonchev–Trinajstić information content (AvgIpc) is 2.48. The van der Waals surface area contributed by atoms with Crippen LogP contribution in [0.5, 0.6) is 5.75 Å². The molecule has 0 radical (unpaired) electrons. The minimum atomic E-state index is -0.109. The lowest BCUT2D eigenvalue weighted by molar-refractivity contribution is 0.276. The van der Waals surface area contributed by atoms with E-state index in [4.69, 9.17) is 4.74 Å². The van der Waals surface area contributed by atoms with E-state index in [0.29, 0.717) is 0 Å². The number of aryl methyl sites for hydroxylation is 2. The zero-order chi connectivity index (χ0) is 14.5. The van der Waals surface area contributed by atoms with Crippen molar-refractivity contribution in [3.8, 4) is 5.75 Å². The van der Waals surface area contributed by atoms with Gasteiger partial charge in [-0.2, -0.15) is 0 Å². The van der Waals surface area contributed by atoms with E-state index in [1.807, 2.05) is 24.3 Å². The lowest BCUT2D eigenvalue weighted by Gasteiger charge is -2.19. The maximum absolute atomic E-state index is 9.61. The van der Waals surface area contributed by atoms with Gasteiger partial charge in [0.1, 0.15) is 5.75 Å². The van der Waals surface area contributed by atoms with Crippen LogP contribution < -0.4 is 10.1 Å². The SMILES string of the molecule is COc1ccc(NC(CO)c2ccc(C)c(C)c2)cc1. The van der Waals surface area contributed by atoms with Crippen molar-refractivity contribution in [2.24, 2.45) is 0 Å². The Labute approximate surface area is 120 Å². The number of anilines is 1. The molecule has 1 atom stereocenters. The Bertz CT molecular complexity index is 564. The van der Waals surface area contributed by atoms with Crippen molar-refractivity contribution in [1.29, 1.82) is 0 Å². The summed E-state index contributed by atoms with van der Waals surface area (Å²) >= 11 is 0. The summed E-state index contributed by atoms with van der Waals surface area (Å²) in [7, 11) is 1.65. The van der Waals surface area contributed by atoms with E-state index < -0.39 is 0 Å². The first-order valence-electron chi connectivity index (χ1n) is 6.72. The molecule has 0 aromatic heterocycles. The molecule has 2 aromatic carbocycles. The van der Waals surface area contributed by atoms with E-state index in [1.54, 1.807) is 7.11 Å². The van der Waals surface area contributed by atoms with Crippen molar-refractivity contribution in [1.82, 2.24) is 0 Å². The summed E-state index contributed by atoms with van der Waals surface area (Å²) in [5.74, 6) is 0.822. The molecule has 2 aromatic rings. The summed E-state index contributed by atoms with van der Waals surface area (Å²) in [4.78, 5) is 0. The van der Waals surface area contributed by atoms with Gasteiger partial charge in [-0.1, -0.05) is 18.2 Å². The van der Waals surface area contributed by atoms with Crippen LogP contribution in [0.2, 0.25) is 0 Å². The second-order valence-electron chi connectivity index (χ2n) is 4.95. The van der Waals surface area contributed by atoms with Crippen LogP contribution in [0.3, 0.4) is 0 Å². The molecule has 0 amide bonds. The fourth-order valence-corrected chi connectivity index (χ4v) is 2.10. The molecule has 0 aliphatic rings. The summed E-state index contributed by atoms with van der Waals surface area (Å²) in [5, 5.41) is 13.0. The van der Waals surface area contributed by atoms with Crippen LogP contribution in [0.4, 0.5) is 5.69 Å². The summed E-state index contributed by atoms with van der Waals surface area (Å²) in [6.45, 7) is 4.22. The topological polar surface area (TPSA) is 41.5 Å². The minimum Gasteiger partial charge on any atom is -0.497 e. The molecule has 0 spiro atoms. The van der Waals surface area contributed by atoms with Gasteiger partial charge in [0, 0.05) is 5.69 Å². The third-order valence-corrected chi connectivity index (χ3v) is 3.55. The van der Waals surface area contributed by atoms with Crippen LogP contribution in [0, 0.1) is 13.8 Å². The van der Waals surface area contributed by atoms with Gasteiger partial charge in [-0.3, -0.25) is 0 Å². The first-order chi connectivity index (χ1) is 9.63. The van der Waals surface area contributed by atoms with Crippen molar-refractivity contribution >= 4 is 5.69 Å². The summed E-state index contributed by atoms with van der Waals surface area (Å²) in [6, 6.07) is 13.8. The zero-order valence-electron chi connectivity index (χ0n) is 12.2. The fraction of sp³-hybridized carbons (Fsp3) is 0.294. The minimum absolute atomic E-state index is 0.0501. The summed E-state index contributed by atoms with van der Waals surface area (Å²) in [5.41, 5.74) is 4.54. The third kappa shape index (κ3) is 3.31. The molecule has 106 valence electrons. The number of hydrogen-bond acceptors (Lipinski definition) is 3. The highest BCUT2D eigenvalue weighted by atomic mass is 16.5. The number of hydrogen-bond donors (Lipinski definition) is 2. The molecule has 0 heterocycles. The highest BCUT2D eigenvalue weighted by molar-refractivity contribution is 5.48. The Kier molecular flexibility index (Phi) is 4.64. The smallest absolute Gasteiger partial charge is 0.119 e. The van der Waals surface area contributed by atoms with Crippen LogP contribution in [-0.4, -0.2) is 18.8 Å². The molecule has 0 saturated carbocycles. The normalized spacial score (nSPS) is 12.0. The van der Waals surface area contributed by atoms with Crippen molar-refractivity contribution in [2.75, 3.05) is 19.0 Å². The van der Waals surface area contributed by atoms with Crippen LogP contribution >= 0.6 is 0 Å². The predicted molar refractivity (Wildman–Crippen MR) is 82.4 cm³/mol. The number of ether oxygens (including phenoxy) is 1. The van der Waals surface area contributed by atoms with Crippen LogP contribution in [0.15, 0.2) is 42.5 Å². The Balaban J connectivity index is 2.16. The molecule has 0 fully saturated rings. The maximum Gasteiger partial charge on any atom is 0.119 e. The van der Waals surface area contributed by atoms with E-state index in [0.717, 1.165) is 17.0 Å². The molecule has 3 heteroatoms. The van der Waals surface area contributed by atoms with E-state index in [-0.39, 0.29) is 12.6 Å². The molecule has 2 rings (SSSR count). The summed E-state index contributed by atoms with van der Waals surface area (Å²) < 4.78 is 5.14. The van der Waals surface area contributed by atoms with Crippen molar-refractivity contribution in [3.63, 3.8) is 0 Å². The standard InChI is InChI=1S/C17H21NO2/c1-12-4-5-14(10-13(12)2)17(11-19)18-15-6-8-16(20-3)9-7-15/h4-10,17-19H,11H2,1-3H3. The van der Waals surface area contributed by atoms with Gasteiger partial charge in [-0.25, -0.2) is 0 Å². The average molecular weight is 271 g/mol. The molecule has 0 aliphatic heterocycles. The largest absolute Gasteiger partial charge is 0.497 e. The number of aliphatic hydroxyl groups excluding tert-OH is 1. The number of aliphatic hydroxyl groups is 1. The highest BCUT2D eigenvalue weighted by Crippen LogP contribution is 2.23. The molecule has 0 aliphatic carbocycles. The molecule has 3 nitrogen and oxygen atoms in total. The Morgan fingerprint density at radius 2 is 1.75 bits per heavy atom. The predicted octanol–water partition coefficient (Wildman–Crippen LogP) is 3.46. The highest BCUT2D eigenvalue weighted by Gasteiger charge is 2.11. The first-order valence-corrected chi connectivity index (χ1v) is 6.72. The molecule has 0 saturated heterocycles. The Morgan fingerprint density at radius 1 is 1.05 bits per heavy atom. The van der Waals surface area contributed by atoms with Gasteiger partial charge in [0.05, 0.1) is 19.8 Å². The van der Waals surface area contributed by atoms with E-state index in [2.05, 4.69) is 37.4 Å². The lowest BCUT2D eigenvalue weighted by Crippen LogP contribution is -2.15. The van der Waals surface area contributed by atoms with Gasteiger partial charge in [0.25, 0.3) is 0 Å². The Hall–Kier alpha value is -2.00. The maximum atomic E-state index is 9.61. The quantitative estimate of drug-likeness (QED) is 0.875.